The molecule has 16 heavy (non-hydrogen) atoms. The Morgan fingerprint density at radius 3 is 2.31 bits per heavy atom. The molecule has 0 unspecified atom stereocenters. The van der Waals surface area contributed by atoms with E-state index in [0.29, 0.717) is 19.3 Å². The van der Waals surface area contributed by atoms with E-state index in [0.717, 1.165) is 6.42 Å². The minimum absolute atomic E-state index is 0.219. The highest BCUT2D eigenvalue weighted by atomic mass is 16.4. The summed E-state index contributed by atoms with van der Waals surface area (Å²) in [6.07, 6.45) is 2.66. The normalized spacial score (nSPS) is 20.0. The molecular weight excluding hydrogens is 208 g/mol. The summed E-state index contributed by atoms with van der Waals surface area (Å²) < 4.78 is 0. The summed E-state index contributed by atoms with van der Waals surface area (Å²) in [5.41, 5.74) is 4.99. The van der Waals surface area contributed by atoms with E-state index in [9.17, 15) is 9.59 Å². The molecule has 0 aromatic heterocycles. The molecule has 1 amide bonds. The smallest absolute Gasteiger partial charge is 0.326 e. The highest BCUT2D eigenvalue weighted by Gasteiger charge is 2.41. The van der Waals surface area contributed by atoms with Gasteiger partial charge in [-0.3, -0.25) is 4.79 Å². The van der Waals surface area contributed by atoms with Crippen LogP contribution in [0.2, 0.25) is 0 Å². The number of amides is 1. The van der Waals surface area contributed by atoms with Gasteiger partial charge in [0.25, 0.3) is 0 Å². The first-order valence-electron chi connectivity index (χ1n) is 5.68. The van der Waals surface area contributed by atoms with Gasteiger partial charge in [-0.2, -0.15) is 0 Å². The zero-order valence-electron chi connectivity index (χ0n) is 9.82. The molecule has 1 aliphatic carbocycles. The van der Waals surface area contributed by atoms with Crippen molar-refractivity contribution in [3.05, 3.63) is 0 Å². The molecule has 1 aliphatic rings. The van der Waals surface area contributed by atoms with Gasteiger partial charge >= 0.3 is 5.97 Å². The van der Waals surface area contributed by atoms with E-state index in [4.69, 9.17) is 10.8 Å². The second kappa shape index (κ2) is 4.82. The Balaban J connectivity index is 2.54. The molecule has 1 saturated carbocycles. The second-order valence-corrected chi connectivity index (χ2v) is 5.00. The topological polar surface area (TPSA) is 92.4 Å². The minimum Gasteiger partial charge on any atom is -0.480 e. The second-order valence-electron chi connectivity index (χ2n) is 5.00. The van der Waals surface area contributed by atoms with Crippen LogP contribution in [0, 0.1) is 5.92 Å². The maximum Gasteiger partial charge on any atom is 0.326 e. The molecule has 1 rings (SSSR count). The van der Waals surface area contributed by atoms with E-state index in [1.807, 2.05) is 13.8 Å². The fourth-order valence-corrected chi connectivity index (χ4v) is 1.78. The molecule has 0 aromatic rings. The SMILES string of the molecule is CC(C)C[C@@H](NC(=O)C1(N)CCC1)C(=O)O. The predicted octanol–water partition coefficient (Wildman–Crippen LogP) is 0.483. The lowest BCUT2D eigenvalue weighted by Gasteiger charge is -2.37. The summed E-state index contributed by atoms with van der Waals surface area (Å²) in [6.45, 7) is 3.84. The Labute approximate surface area is 95.4 Å². The van der Waals surface area contributed by atoms with Crippen LogP contribution in [-0.4, -0.2) is 28.6 Å². The van der Waals surface area contributed by atoms with Crippen LogP contribution in [-0.2, 0) is 9.59 Å². The quantitative estimate of drug-likeness (QED) is 0.638. The molecule has 5 heteroatoms. The Bertz CT molecular complexity index is 285. The first kappa shape index (κ1) is 13.0. The van der Waals surface area contributed by atoms with Crippen molar-refractivity contribution < 1.29 is 14.7 Å². The molecule has 0 aliphatic heterocycles. The van der Waals surface area contributed by atoms with Crippen molar-refractivity contribution >= 4 is 11.9 Å². The van der Waals surface area contributed by atoms with Crippen molar-refractivity contribution in [1.29, 1.82) is 0 Å². The van der Waals surface area contributed by atoms with Gasteiger partial charge in [-0.05, 0) is 31.6 Å². The fraction of sp³-hybridized carbons (Fsp3) is 0.818. The number of carbonyl (C=O) groups excluding carboxylic acids is 1. The Hall–Kier alpha value is -1.10. The average molecular weight is 228 g/mol. The number of hydrogen-bond acceptors (Lipinski definition) is 3. The standard InChI is InChI=1S/C11H20N2O3/c1-7(2)6-8(9(14)15)13-10(16)11(12)4-3-5-11/h7-8H,3-6,12H2,1-2H3,(H,13,16)(H,14,15)/t8-/m1/s1. The first-order chi connectivity index (χ1) is 7.35. The molecule has 0 radical (unpaired) electrons. The largest absolute Gasteiger partial charge is 0.480 e. The van der Waals surface area contributed by atoms with Gasteiger partial charge in [0.2, 0.25) is 5.91 Å². The lowest BCUT2D eigenvalue weighted by Crippen LogP contribution is -2.61. The molecule has 4 N–H and O–H groups in total. The van der Waals surface area contributed by atoms with Crippen molar-refractivity contribution in [1.82, 2.24) is 5.32 Å². The van der Waals surface area contributed by atoms with Crippen LogP contribution in [0.25, 0.3) is 0 Å². The van der Waals surface area contributed by atoms with Gasteiger partial charge < -0.3 is 16.2 Å². The maximum absolute atomic E-state index is 11.7. The summed E-state index contributed by atoms with van der Waals surface area (Å²) in [7, 11) is 0. The summed E-state index contributed by atoms with van der Waals surface area (Å²) in [5.74, 6) is -1.10. The van der Waals surface area contributed by atoms with Crippen molar-refractivity contribution in [2.75, 3.05) is 0 Å². The molecule has 1 fully saturated rings. The highest BCUT2D eigenvalue weighted by Crippen LogP contribution is 2.29. The van der Waals surface area contributed by atoms with Gasteiger partial charge in [0.1, 0.15) is 6.04 Å². The van der Waals surface area contributed by atoms with Gasteiger partial charge in [-0.25, -0.2) is 4.79 Å². The highest BCUT2D eigenvalue weighted by molar-refractivity contribution is 5.90. The van der Waals surface area contributed by atoms with Crippen molar-refractivity contribution in [3.63, 3.8) is 0 Å². The van der Waals surface area contributed by atoms with E-state index in [1.165, 1.54) is 0 Å². The lowest BCUT2D eigenvalue weighted by molar-refractivity contribution is -0.143. The van der Waals surface area contributed by atoms with Crippen LogP contribution in [0.3, 0.4) is 0 Å². The third kappa shape index (κ3) is 2.95. The van der Waals surface area contributed by atoms with Crippen LogP contribution in [0.15, 0.2) is 0 Å². The van der Waals surface area contributed by atoms with Gasteiger partial charge in [0.05, 0.1) is 5.54 Å². The van der Waals surface area contributed by atoms with Crippen LogP contribution in [0.5, 0.6) is 0 Å². The van der Waals surface area contributed by atoms with E-state index >= 15 is 0 Å². The summed E-state index contributed by atoms with van der Waals surface area (Å²) >= 11 is 0. The number of hydrogen-bond donors (Lipinski definition) is 3. The molecule has 0 spiro atoms. The Morgan fingerprint density at radius 1 is 1.44 bits per heavy atom. The van der Waals surface area contributed by atoms with Crippen molar-refractivity contribution in [3.8, 4) is 0 Å². The minimum atomic E-state index is -0.995. The monoisotopic (exact) mass is 228 g/mol. The maximum atomic E-state index is 11.7. The predicted molar refractivity (Wildman–Crippen MR) is 59.8 cm³/mol. The van der Waals surface area contributed by atoms with Crippen LogP contribution in [0.4, 0.5) is 0 Å². The van der Waals surface area contributed by atoms with Crippen LogP contribution < -0.4 is 11.1 Å². The average Bonchev–Trinajstić information content (AvgIpc) is 2.11. The van der Waals surface area contributed by atoms with Gasteiger partial charge in [0.15, 0.2) is 0 Å². The van der Waals surface area contributed by atoms with Crippen molar-refractivity contribution in [2.24, 2.45) is 11.7 Å². The third-order valence-electron chi connectivity index (χ3n) is 3.01. The van der Waals surface area contributed by atoms with Gasteiger partial charge in [-0.1, -0.05) is 13.8 Å². The number of carboxylic acids is 1. The molecule has 5 nitrogen and oxygen atoms in total. The summed E-state index contributed by atoms with van der Waals surface area (Å²) in [6, 6.07) is -0.825. The van der Waals surface area contributed by atoms with E-state index in [-0.39, 0.29) is 11.8 Å². The number of rotatable bonds is 5. The molecular formula is C11H20N2O3. The van der Waals surface area contributed by atoms with Gasteiger partial charge in [-0.15, -0.1) is 0 Å². The number of nitrogens with two attached hydrogens (primary N) is 1. The molecule has 0 aromatic carbocycles. The molecule has 92 valence electrons. The first-order valence-corrected chi connectivity index (χ1v) is 5.68. The van der Waals surface area contributed by atoms with Gasteiger partial charge in [0, 0.05) is 0 Å². The van der Waals surface area contributed by atoms with E-state index in [2.05, 4.69) is 5.32 Å². The number of carbonyl (C=O) groups is 2. The van der Waals surface area contributed by atoms with Crippen molar-refractivity contribution in [2.45, 2.75) is 51.1 Å². The van der Waals surface area contributed by atoms with Crippen LogP contribution >= 0.6 is 0 Å². The molecule has 1 atom stereocenters. The number of nitrogens with one attached hydrogen (secondary N) is 1. The van der Waals surface area contributed by atoms with E-state index < -0.39 is 17.6 Å². The number of aliphatic carboxylic acids is 1. The zero-order valence-corrected chi connectivity index (χ0v) is 9.82. The Morgan fingerprint density at radius 2 is 2.00 bits per heavy atom. The number of carboxylic acid groups (broad SMARTS) is 1. The third-order valence-corrected chi connectivity index (χ3v) is 3.01. The summed E-state index contributed by atoms with van der Waals surface area (Å²) in [4.78, 5) is 22.7. The molecule has 0 bridgehead atoms. The lowest BCUT2D eigenvalue weighted by atomic mass is 9.77. The molecule has 0 saturated heterocycles. The zero-order chi connectivity index (χ0) is 12.3. The van der Waals surface area contributed by atoms with E-state index in [1.54, 1.807) is 0 Å². The molecule has 0 heterocycles. The Kier molecular flexibility index (Phi) is 3.91. The summed E-state index contributed by atoms with van der Waals surface area (Å²) in [5, 5.41) is 11.5. The fourth-order valence-electron chi connectivity index (χ4n) is 1.78. The van der Waals surface area contributed by atoms with Crippen LogP contribution in [0.1, 0.15) is 39.5 Å².